The van der Waals surface area contributed by atoms with Gasteiger partial charge in [-0.05, 0) is 30.9 Å². The number of fused-ring (bicyclic) bond motifs is 2. The maximum atomic E-state index is 13.5. The molecule has 2 atom stereocenters. The van der Waals surface area contributed by atoms with Gasteiger partial charge in [0.1, 0.15) is 5.82 Å². The largest absolute Gasteiger partial charge is 0.378 e. The average Bonchev–Trinajstić information content (AvgIpc) is 3.56. The predicted molar refractivity (Wildman–Crippen MR) is 110 cm³/mol. The first-order valence-electron chi connectivity index (χ1n) is 10.3. The highest BCUT2D eigenvalue weighted by atomic mass is 16.5. The van der Waals surface area contributed by atoms with Gasteiger partial charge in [0, 0.05) is 45.2 Å². The molecule has 5 rings (SSSR count). The number of nitrogens with zero attached hydrogens (tertiary/aromatic N) is 4. The molecule has 1 aromatic carbocycles. The lowest BCUT2D eigenvalue weighted by Crippen LogP contribution is -2.63. The topological polar surface area (TPSA) is 48.9 Å². The summed E-state index contributed by atoms with van der Waals surface area (Å²) in [5, 5.41) is 0.927. The number of amides is 1. The van der Waals surface area contributed by atoms with Crippen molar-refractivity contribution in [3.8, 4) is 0 Å². The minimum absolute atomic E-state index is 0.106. The summed E-state index contributed by atoms with van der Waals surface area (Å²) in [7, 11) is 3.92. The monoisotopic (exact) mass is 380 g/mol. The van der Waals surface area contributed by atoms with Crippen LogP contribution in [0.2, 0.25) is 0 Å². The lowest BCUT2D eigenvalue weighted by Gasteiger charge is -2.48. The van der Waals surface area contributed by atoms with Gasteiger partial charge in [0.05, 0.1) is 30.3 Å². The van der Waals surface area contributed by atoms with Crippen molar-refractivity contribution in [3.63, 3.8) is 0 Å². The minimum atomic E-state index is 0.106. The van der Waals surface area contributed by atoms with Crippen LogP contribution in [0.15, 0.2) is 30.3 Å². The highest BCUT2D eigenvalue weighted by Crippen LogP contribution is 2.38. The van der Waals surface area contributed by atoms with Crippen LogP contribution in [0.3, 0.4) is 0 Å². The Morgan fingerprint density at radius 2 is 2.00 bits per heavy atom. The van der Waals surface area contributed by atoms with Crippen molar-refractivity contribution >= 4 is 22.6 Å². The summed E-state index contributed by atoms with van der Waals surface area (Å²) in [6.07, 6.45) is 2.66. The summed E-state index contributed by atoms with van der Waals surface area (Å²) in [4.78, 5) is 24.8. The molecule has 1 saturated carbocycles. The van der Waals surface area contributed by atoms with Gasteiger partial charge in [-0.25, -0.2) is 4.98 Å². The van der Waals surface area contributed by atoms with Crippen LogP contribution in [0.4, 0.5) is 5.82 Å². The molecule has 1 amide bonds. The van der Waals surface area contributed by atoms with Crippen LogP contribution in [-0.4, -0.2) is 79.7 Å². The molecule has 0 N–H and O–H groups in total. The summed E-state index contributed by atoms with van der Waals surface area (Å²) in [6, 6.07) is 10.7. The fourth-order valence-corrected chi connectivity index (χ4v) is 4.69. The van der Waals surface area contributed by atoms with E-state index in [4.69, 9.17) is 9.72 Å². The van der Waals surface area contributed by atoms with Gasteiger partial charge in [-0.2, -0.15) is 0 Å². The smallest absolute Gasteiger partial charge is 0.254 e. The quantitative estimate of drug-likeness (QED) is 0.817. The summed E-state index contributed by atoms with van der Waals surface area (Å²) >= 11 is 0. The second-order valence-electron chi connectivity index (χ2n) is 8.52. The van der Waals surface area contributed by atoms with Crippen molar-refractivity contribution in [3.05, 3.63) is 35.9 Å². The molecule has 0 spiro atoms. The van der Waals surface area contributed by atoms with Gasteiger partial charge in [0.25, 0.3) is 5.91 Å². The van der Waals surface area contributed by atoms with E-state index in [2.05, 4.69) is 4.90 Å². The van der Waals surface area contributed by atoms with E-state index >= 15 is 0 Å². The number of benzene rings is 1. The van der Waals surface area contributed by atoms with Crippen LogP contribution in [-0.2, 0) is 4.74 Å². The molecular formula is C22H28N4O2. The fourth-order valence-electron chi connectivity index (χ4n) is 4.69. The number of morpholine rings is 1. The van der Waals surface area contributed by atoms with Crippen molar-refractivity contribution in [1.29, 1.82) is 0 Å². The Labute approximate surface area is 166 Å². The van der Waals surface area contributed by atoms with Gasteiger partial charge in [-0.3, -0.25) is 9.69 Å². The molecule has 6 nitrogen and oxygen atoms in total. The zero-order valence-corrected chi connectivity index (χ0v) is 16.7. The third-order valence-corrected chi connectivity index (χ3v) is 6.40. The Morgan fingerprint density at radius 1 is 1.18 bits per heavy atom. The lowest BCUT2D eigenvalue weighted by atomic mass is 10.0. The van der Waals surface area contributed by atoms with Crippen LogP contribution in [0.1, 0.15) is 23.2 Å². The third kappa shape index (κ3) is 3.14. The molecule has 2 aromatic rings. The number of rotatable bonds is 3. The molecule has 28 heavy (non-hydrogen) atoms. The number of hydrogen-bond donors (Lipinski definition) is 0. The molecule has 1 aliphatic carbocycles. The van der Waals surface area contributed by atoms with E-state index in [-0.39, 0.29) is 5.91 Å². The number of anilines is 1. The second kappa shape index (κ2) is 7.01. The number of carbonyl (C=O) groups is 1. The number of hydrogen-bond acceptors (Lipinski definition) is 5. The van der Waals surface area contributed by atoms with Crippen molar-refractivity contribution in [1.82, 2.24) is 14.8 Å². The van der Waals surface area contributed by atoms with Gasteiger partial charge in [-0.15, -0.1) is 0 Å². The van der Waals surface area contributed by atoms with E-state index in [1.165, 1.54) is 12.8 Å². The van der Waals surface area contributed by atoms with Crippen molar-refractivity contribution in [2.24, 2.45) is 5.92 Å². The summed E-state index contributed by atoms with van der Waals surface area (Å²) in [5.74, 6) is 1.72. The van der Waals surface area contributed by atoms with Gasteiger partial charge >= 0.3 is 0 Å². The van der Waals surface area contributed by atoms with E-state index < -0.39 is 0 Å². The normalized spacial score (nSPS) is 25.6. The van der Waals surface area contributed by atoms with Crippen LogP contribution in [0, 0.1) is 5.92 Å². The number of pyridine rings is 1. The van der Waals surface area contributed by atoms with E-state index in [1.807, 2.05) is 54.2 Å². The minimum Gasteiger partial charge on any atom is -0.378 e. The molecule has 2 aliphatic heterocycles. The summed E-state index contributed by atoms with van der Waals surface area (Å²) in [6.45, 7) is 4.07. The van der Waals surface area contributed by atoms with Crippen LogP contribution in [0.25, 0.3) is 10.9 Å². The first-order valence-corrected chi connectivity index (χ1v) is 10.3. The molecule has 148 valence electrons. The third-order valence-electron chi connectivity index (χ3n) is 6.40. The fraction of sp³-hybridized carbons (Fsp3) is 0.545. The molecule has 6 heteroatoms. The number of piperazine rings is 1. The molecule has 0 unspecified atom stereocenters. The molecule has 3 aliphatic rings. The standard InChI is InChI=1S/C22H28N4O2/c1-24(2)21-11-18(17-5-3-4-6-19(17)23-21)22(27)25-9-10-26-16(12-25)13-28-14-20(26)15-7-8-15/h3-6,11,15-16,20H,7-10,12-14H2,1-2H3/t16-,20-/m1/s1. The molecule has 2 saturated heterocycles. The zero-order valence-electron chi connectivity index (χ0n) is 16.7. The van der Waals surface area contributed by atoms with Crippen LogP contribution in [0.5, 0.6) is 0 Å². The SMILES string of the molecule is CN(C)c1cc(C(=O)N2CCN3[C@@H](COC[C@@H]3C3CC3)C2)c2ccccc2n1. The first kappa shape index (κ1) is 17.9. The van der Waals surface area contributed by atoms with E-state index in [1.54, 1.807) is 0 Å². The van der Waals surface area contributed by atoms with E-state index in [0.29, 0.717) is 12.1 Å². The highest BCUT2D eigenvalue weighted by molar-refractivity contribution is 6.07. The molecule has 3 fully saturated rings. The van der Waals surface area contributed by atoms with Gasteiger partial charge < -0.3 is 14.5 Å². The molecular weight excluding hydrogens is 352 g/mol. The van der Waals surface area contributed by atoms with Crippen LogP contribution < -0.4 is 4.90 Å². The summed E-state index contributed by atoms with van der Waals surface area (Å²) in [5.41, 5.74) is 1.61. The number of carbonyl (C=O) groups excluding carboxylic acids is 1. The molecule has 0 bridgehead atoms. The maximum absolute atomic E-state index is 13.5. The number of ether oxygens (including phenoxy) is 1. The molecule has 0 radical (unpaired) electrons. The number of aromatic nitrogens is 1. The Morgan fingerprint density at radius 3 is 2.79 bits per heavy atom. The molecule has 1 aromatic heterocycles. The maximum Gasteiger partial charge on any atom is 0.254 e. The second-order valence-corrected chi connectivity index (χ2v) is 8.52. The van der Waals surface area contributed by atoms with Crippen molar-refractivity contribution < 1.29 is 9.53 Å². The predicted octanol–water partition coefficient (Wildman–Crippen LogP) is 2.24. The lowest BCUT2D eigenvalue weighted by molar-refractivity contribution is -0.0816. The van der Waals surface area contributed by atoms with Gasteiger partial charge in [0.2, 0.25) is 0 Å². The van der Waals surface area contributed by atoms with Gasteiger partial charge in [-0.1, -0.05) is 18.2 Å². The van der Waals surface area contributed by atoms with Crippen molar-refractivity contribution in [2.45, 2.75) is 24.9 Å². The van der Waals surface area contributed by atoms with E-state index in [9.17, 15) is 4.79 Å². The Kier molecular flexibility index (Phi) is 4.48. The Balaban J connectivity index is 1.42. The zero-order chi connectivity index (χ0) is 19.3. The first-order chi connectivity index (χ1) is 13.6. The van der Waals surface area contributed by atoms with E-state index in [0.717, 1.165) is 61.1 Å². The average molecular weight is 380 g/mol. The molecule has 3 heterocycles. The number of para-hydroxylation sites is 1. The van der Waals surface area contributed by atoms with Gasteiger partial charge in [0.15, 0.2) is 0 Å². The Hall–Kier alpha value is -2.18. The summed E-state index contributed by atoms with van der Waals surface area (Å²) < 4.78 is 5.91. The van der Waals surface area contributed by atoms with Crippen molar-refractivity contribution in [2.75, 3.05) is 51.8 Å². The van der Waals surface area contributed by atoms with Crippen LogP contribution >= 0.6 is 0 Å². The highest BCUT2D eigenvalue weighted by Gasteiger charge is 2.43. The Bertz CT molecular complexity index is 895.